The average Bonchev–Trinajstić information content (AvgIpc) is 2.02. The normalized spacial score (nSPS) is 31.5. The summed E-state index contributed by atoms with van der Waals surface area (Å²) in [5.74, 6) is -2.46. The van der Waals surface area contributed by atoms with Crippen LogP contribution in [-0.4, -0.2) is 55.3 Å². The number of alkyl halides is 2. The van der Waals surface area contributed by atoms with Crippen molar-refractivity contribution in [2.75, 3.05) is 39.4 Å². The van der Waals surface area contributed by atoms with Crippen LogP contribution in [0.2, 0.25) is 0 Å². The highest BCUT2D eigenvalue weighted by atomic mass is 19.3. The molecule has 0 saturated carbocycles. The van der Waals surface area contributed by atoms with Crippen molar-refractivity contribution in [1.82, 2.24) is 10.0 Å². The van der Waals surface area contributed by atoms with Crippen molar-refractivity contribution in [2.24, 2.45) is 0 Å². The van der Waals surface area contributed by atoms with Crippen LogP contribution < -0.4 is 0 Å². The Morgan fingerprint density at radius 2 is 1.58 bits per heavy atom. The predicted molar refractivity (Wildman–Crippen MR) is 38.9 cm³/mol. The van der Waals surface area contributed by atoms with Gasteiger partial charge in [-0.25, -0.2) is 18.8 Å². The molecule has 2 aliphatic heterocycles. The Bertz CT molecular complexity index is 163. The van der Waals surface area contributed by atoms with Crippen molar-refractivity contribution in [3.05, 3.63) is 0 Å². The number of ether oxygens (including phenoxy) is 1. The minimum atomic E-state index is -2.46. The summed E-state index contributed by atoms with van der Waals surface area (Å²) in [4.78, 5) is 0. The lowest BCUT2D eigenvalue weighted by molar-refractivity contribution is -0.229. The summed E-state index contributed by atoms with van der Waals surface area (Å²) in [5.41, 5.74) is 0. The van der Waals surface area contributed by atoms with Gasteiger partial charge in [0.15, 0.2) is 0 Å². The van der Waals surface area contributed by atoms with Gasteiger partial charge in [0.25, 0.3) is 5.92 Å². The topological polar surface area (TPSA) is 15.7 Å². The molecular formula is C7H12F2N2O. The maximum atomic E-state index is 12.4. The molecule has 0 bridgehead atoms. The zero-order valence-electron chi connectivity index (χ0n) is 6.80. The Balaban J connectivity index is 1.79. The van der Waals surface area contributed by atoms with Crippen molar-refractivity contribution in [3.8, 4) is 0 Å². The first kappa shape index (κ1) is 8.34. The van der Waals surface area contributed by atoms with E-state index in [9.17, 15) is 8.78 Å². The maximum Gasteiger partial charge on any atom is 0.275 e. The zero-order valence-corrected chi connectivity index (χ0v) is 6.80. The first-order valence-corrected chi connectivity index (χ1v) is 4.13. The molecular weight excluding hydrogens is 166 g/mol. The quantitative estimate of drug-likeness (QED) is 0.570. The van der Waals surface area contributed by atoms with Crippen LogP contribution in [0.5, 0.6) is 0 Å². The van der Waals surface area contributed by atoms with E-state index < -0.39 is 5.92 Å². The number of morpholine rings is 1. The lowest BCUT2D eigenvalue weighted by atomic mass is 10.2. The Morgan fingerprint density at radius 1 is 1.00 bits per heavy atom. The number of rotatable bonds is 1. The van der Waals surface area contributed by atoms with E-state index in [1.807, 2.05) is 5.01 Å². The van der Waals surface area contributed by atoms with Crippen LogP contribution in [0.1, 0.15) is 0 Å². The molecule has 2 rings (SSSR count). The summed E-state index contributed by atoms with van der Waals surface area (Å²) in [6.07, 6.45) is 0. The molecule has 3 nitrogen and oxygen atoms in total. The molecule has 0 aromatic rings. The molecule has 2 aliphatic rings. The van der Waals surface area contributed by atoms with E-state index in [-0.39, 0.29) is 13.1 Å². The van der Waals surface area contributed by atoms with E-state index in [1.165, 1.54) is 0 Å². The molecule has 70 valence electrons. The SMILES string of the molecule is FC1(F)CN(N2CCOCC2)C1. The number of hydrazine groups is 1. The van der Waals surface area contributed by atoms with Crippen LogP contribution in [0.3, 0.4) is 0 Å². The summed E-state index contributed by atoms with van der Waals surface area (Å²) in [7, 11) is 0. The maximum absolute atomic E-state index is 12.4. The molecule has 0 atom stereocenters. The fourth-order valence-corrected chi connectivity index (χ4v) is 1.52. The monoisotopic (exact) mass is 178 g/mol. The minimum Gasteiger partial charge on any atom is -0.379 e. The summed E-state index contributed by atoms with van der Waals surface area (Å²) in [5, 5.41) is 3.64. The van der Waals surface area contributed by atoms with E-state index in [0.717, 1.165) is 13.1 Å². The Hall–Kier alpha value is -0.260. The smallest absolute Gasteiger partial charge is 0.275 e. The molecule has 0 N–H and O–H groups in total. The van der Waals surface area contributed by atoms with Gasteiger partial charge in [0.2, 0.25) is 0 Å². The third-order valence-electron chi connectivity index (χ3n) is 2.22. The van der Waals surface area contributed by atoms with Crippen LogP contribution in [-0.2, 0) is 4.74 Å². The van der Waals surface area contributed by atoms with E-state index in [2.05, 4.69) is 0 Å². The Kier molecular flexibility index (Phi) is 2.02. The van der Waals surface area contributed by atoms with Crippen LogP contribution in [0.25, 0.3) is 0 Å². The molecule has 0 radical (unpaired) electrons. The fraction of sp³-hybridized carbons (Fsp3) is 1.00. The van der Waals surface area contributed by atoms with Gasteiger partial charge in [0.05, 0.1) is 26.3 Å². The van der Waals surface area contributed by atoms with Gasteiger partial charge in [-0.3, -0.25) is 0 Å². The van der Waals surface area contributed by atoms with Gasteiger partial charge in [-0.15, -0.1) is 0 Å². The van der Waals surface area contributed by atoms with Crippen LogP contribution in [0.15, 0.2) is 0 Å². The minimum absolute atomic E-state index is 0.118. The van der Waals surface area contributed by atoms with Gasteiger partial charge >= 0.3 is 0 Å². The molecule has 0 spiro atoms. The van der Waals surface area contributed by atoms with Crippen molar-refractivity contribution >= 4 is 0 Å². The van der Waals surface area contributed by atoms with E-state index in [4.69, 9.17) is 4.74 Å². The van der Waals surface area contributed by atoms with Gasteiger partial charge in [-0.2, -0.15) is 0 Å². The summed E-state index contributed by atoms with van der Waals surface area (Å²) in [6.45, 7) is 2.57. The number of hydrogen-bond acceptors (Lipinski definition) is 3. The molecule has 0 amide bonds. The third kappa shape index (κ3) is 1.57. The van der Waals surface area contributed by atoms with Crippen LogP contribution in [0.4, 0.5) is 8.78 Å². The van der Waals surface area contributed by atoms with Gasteiger partial charge in [-0.05, 0) is 0 Å². The molecule has 2 fully saturated rings. The number of halogens is 2. The van der Waals surface area contributed by atoms with E-state index in [0.29, 0.717) is 13.2 Å². The van der Waals surface area contributed by atoms with Crippen LogP contribution >= 0.6 is 0 Å². The highest BCUT2D eigenvalue weighted by Crippen LogP contribution is 2.28. The lowest BCUT2D eigenvalue weighted by Crippen LogP contribution is -2.64. The second-order valence-corrected chi connectivity index (χ2v) is 3.24. The highest BCUT2D eigenvalue weighted by molar-refractivity contribution is 4.85. The molecule has 12 heavy (non-hydrogen) atoms. The second-order valence-electron chi connectivity index (χ2n) is 3.24. The van der Waals surface area contributed by atoms with Gasteiger partial charge in [-0.1, -0.05) is 0 Å². The first-order chi connectivity index (χ1) is 5.67. The Morgan fingerprint density at radius 3 is 2.08 bits per heavy atom. The molecule has 2 heterocycles. The van der Waals surface area contributed by atoms with Crippen molar-refractivity contribution in [1.29, 1.82) is 0 Å². The van der Waals surface area contributed by atoms with E-state index >= 15 is 0 Å². The largest absolute Gasteiger partial charge is 0.379 e. The fourth-order valence-electron chi connectivity index (χ4n) is 1.52. The first-order valence-electron chi connectivity index (χ1n) is 4.13. The average molecular weight is 178 g/mol. The lowest BCUT2D eigenvalue weighted by Gasteiger charge is -2.46. The predicted octanol–water partition coefficient (Wildman–Crippen LogP) is 0.184. The summed E-state index contributed by atoms with van der Waals surface area (Å²) >= 11 is 0. The third-order valence-corrected chi connectivity index (χ3v) is 2.22. The van der Waals surface area contributed by atoms with E-state index in [1.54, 1.807) is 5.01 Å². The summed E-state index contributed by atoms with van der Waals surface area (Å²) in [6, 6.07) is 0. The highest BCUT2D eigenvalue weighted by Gasteiger charge is 2.46. The standard InChI is InChI=1S/C7H12F2N2O/c8-7(9)5-11(6-7)10-1-3-12-4-2-10/h1-6H2. The van der Waals surface area contributed by atoms with Crippen molar-refractivity contribution < 1.29 is 13.5 Å². The number of nitrogens with zero attached hydrogens (tertiary/aromatic N) is 2. The zero-order chi connectivity index (χ0) is 8.60. The molecule has 0 aliphatic carbocycles. The van der Waals surface area contributed by atoms with Gasteiger partial charge in [0, 0.05) is 13.1 Å². The molecule has 2 saturated heterocycles. The number of hydrogen-bond donors (Lipinski definition) is 0. The molecule has 0 unspecified atom stereocenters. The Labute approximate surface area is 69.9 Å². The van der Waals surface area contributed by atoms with Gasteiger partial charge < -0.3 is 4.74 Å². The van der Waals surface area contributed by atoms with Crippen LogP contribution in [0, 0.1) is 0 Å². The second kappa shape index (κ2) is 2.90. The molecule has 0 aromatic heterocycles. The molecule has 0 aromatic carbocycles. The van der Waals surface area contributed by atoms with Crippen molar-refractivity contribution in [3.63, 3.8) is 0 Å². The summed E-state index contributed by atoms with van der Waals surface area (Å²) < 4.78 is 30.0. The molecule has 5 heteroatoms. The van der Waals surface area contributed by atoms with Gasteiger partial charge in [0.1, 0.15) is 0 Å². The van der Waals surface area contributed by atoms with Crippen molar-refractivity contribution in [2.45, 2.75) is 5.92 Å².